The van der Waals surface area contributed by atoms with Gasteiger partial charge in [0.15, 0.2) is 0 Å². The summed E-state index contributed by atoms with van der Waals surface area (Å²) in [6, 6.07) is 27.6. The summed E-state index contributed by atoms with van der Waals surface area (Å²) in [7, 11) is -2.14. The van der Waals surface area contributed by atoms with Gasteiger partial charge in [0.25, 0.3) is 0 Å². The monoisotopic (exact) mass is 352 g/mol. The van der Waals surface area contributed by atoms with Crippen molar-refractivity contribution >= 4 is 28.7 Å². The molecule has 3 aromatic carbocycles. The summed E-state index contributed by atoms with van der Waals surface area (Å²) in [6.07, 6.45) is 6.04. The molecule has 0 N–H and O–H groups in total. The molecule has 3 aromatic rings. The Balaban J connectivity index is 1.84. The molecule has 1 aliphatic carbocycles. The van der Waals surface area contributed by atoms with Crippen molar-refractivity contribution < 1.29 is 0 Å². The van der Waals surface area contributed by atoms with Crippen LogP contribution in [-0.4, -0.2) is 0 Å². The molecule has 2 heterocycles. The van der Waals surface area contributed by atoms with E-state index in [0.29, 0.717) is 5.92 Å². The fraction of sp³-hybridized carbons (Fsp3) is 0.120. The molecular formula is C25H21P. The first-order valence-corrected chi connectivity index (χ1v) is 11.5. The molecule has 0 amide bonds. The van der Waals surface area contributed by atoms with Crippen molar-refractivity contribution in [3.63, 3.8) is 0 Å². The third-order valence-corrected chi connectivity index (χ3v) is 11.5. The number of fused-ring (bicyclic) bond motifs is 9. The first-order chi connectivity index (χ1) is 12.8. The van der Waals surface area contributed by atoms with Crippen LogP contribution in [-0.2, 0) is 0 Å². The Morgan fingerprint density at radius 3 is 1.81 bits per heavy atom. The van der Waals surface area contributed by atoms with E-state index < -0.39 is 7.26 Å². The van der Waals surface area contributed by atoms with E-state index in [1.54, 1.807) is 26.8 Å². The predicted molar refractivity (Wildman–Crippen MR) is 115 cm³/mol. The molecule has 3 aliphatic rings. The molecule has 1 heteroatoms. The van der Waals surface area contributed by atoms with Crippen molar-refractivity contribution in [3.05, 3.63) is 95.8 Å². The minimum absolute atomic E-state index is 0.600. The van der Waals surface area contributed by atoms with Gasteiger partial charge in [-0.25, -0.2) is 0 Å². The first kappa shape index (κ1) is 14.7. The number of hydrogen-bond donors (Lipinski definition) is 0. The third kappa shape index (κ3) is 1.56. The fourth-order valence-electron chi connectivity index (χ4n) is 5.61. The Morgan fingerprint density at radius 2 is 1.19 bits per heavy atom. The predicted octanol–water partition coefficient (Wildman–Crippen LogP) is 5.01. The summed E-state index contributed by atoms with van der Waals surface area (Å²) in [5.41, 5.74) is 6.02. The molecule has 126 valence electrons. The van der Waals surface area contributed by atoms with E-state index in [-0.39, 0.29) is 0 Å². The van der Waals surface area contributed by atoms with E-state index >= 15 is 0 Å². The number of rotatable bonds is 0. The SMILES string of the molecule is CC1CC=CC2=C1c1ccccc1[PH]21c2ccccc2-c2ccccc21. The Labute approximate surface area is 155 Å². The van der Waals surface area contributed by atoms with Gasteiger partial charge in [-0.15, -0.1) is 0 Å². The minimum atomic E-state index is -2.14. The average Bonchev–Trinajstić information content (AvgIpc) is 3.16. The standard InChI is InChI=1S/C25H21P/c1-17-9-8-16-24-25(17)20-12-4-7-15-23(20)26(24)21-13-5-2-10-18(21)19-11-3-6-14-22(19)26/h2-8,10-17,26H,9H2,1H3. The molecule has 1 atom stereocenters. The van der Waals surface area contributed by atoms with Gasteiger partial charge in [-0.3, -0.25) is 0 Å². The molecule has 0 nitrogen and oxygen atoms in total. The number of hydrogen-bond acceptors (Lipinski definition) is 0. The maximum absolute atomic E-state index is 2.47. The molecule has 1 spiro atoms. The summed E-state index contributed by atoms with van der Waals surface area (Å²) >= 11 is 0. The van der Waals surface area contributed by atoms with Gasteiger partial charge in [0, 0.05) is 0 Å². The molecule has 26 heavy (non-hydrogen) atoms. The molecule has 6 rings (SSSR count). The first-order valence-electron chi connectivity index (χ1n) is 9.54. The van der Waals surface area contributed by atoms with Crippen LogP contribution in [0.3, 0.4) is 0 Å². The van der Waals surface area contributed by atoms with Gasteiger partial charge in [0.1, 0.15) is 0 Å². The van der Waals surface area contributed by atoms with Gasteiger partial charge in [0.05, 0.1) is 0 Å². The summed E-state index contributed by atoms with van der Waals surface area (Å²) in [6.45, 7) is 2.40. The average molecular weight is 352 g/mol. The Morgan fingerprint density at radius 1 is 0.692 bits per heavy atom. The van der Waals surface area contributed by atoms with Gasteiger partial charge < -0.3 is 0 Å². The molecule has 0 bridgehead atoms. The molecule has 0 saturated carbocycles. The van der Waals surface area contributed by atoms with E-state index in [4.69, 9.17) is 0 Å². The van der Waals surface area contributed by atoms with Crippen LogP contribution in [0.4, 0.5) is 0 Å². The van der Waals surface area contributed by atoms with Crippen molar-refractivity contribution in [1.82, 2.24) is 0 Å². The van der Waals surface area contributed by atoms with Crippen LogP contribution in [0, 0.1) is 5.92 Å². The zero-order chi connectivity index (χ0) is 17.3. The van der Waals surface area contributed by atoms with Crippen LogP contribution in [0.15, 0.2) is 90.3 Å². The zero-order valence-electron chi connectivity index (χ0n) is 14.9. The second-order valence-electron chi connectivity index (χ2n) is 7.75. The zero-order valence-corrected chi connectivity index (χ0v) is 15.9. The van der Waals surface area contributed by atoms with Crippen LogP contribution < -0.4 is 15.9 Å². The Kier molecular flexibility index (Phi) is 2.86. The van der Waals surface area contributed by atoms with Crippen LogP contribution in [0.1, 0.15) is 18.9 Å². The molecular weight excluding hydrogens is 331 g/mol. The molecule has 1 unspecified atom stereocenters. The van der Waals surface area contributed by atoms with E-state index in [1.807, 2.05) is 0 Å². The third-order valence-electron chi connectivity index (χ3n) is 6.53. The van der Waals surface area contributed by atoms with E-state index in [9.17, 15) is 0 Å². The molecule has 0 fully saturated rings. The van der Waals surface area contributed by atoms with Crippen molar-refractivity contribution in [2.45, 2.75) is 13.3 Å². The van der Waals surface area contributed by atoms with Crippen LogP contribution >= 0.6 is 7.26 Å². The number of allylic oxidation sites excluding steroid dienone is 4. The van der Waals surface area contributed by atoms with E-state index in [0.717, 1.165) is 6.42 Å². The summed E-state index contributed by atoms with van der Waals surface area (Å²) in [5.74, 6) is 0.600. The van der Waals surface area contributed by atoms with Crippen LogP contribution in [0.2, 0.25) is 0 Å². The normalized spacial score (nSPS) is 22.0. The Hall–Kier alpha value is -2.43. The van der Waals surface area contributed by atoms with Gasteiger partial charge in [-0.1, -0.05) is 0 Å². The molecule has 2 aliphatic heterocycles. The number of benzene rings is 3. The van der Waals surface area contributed by atoms with Crippen molar-refractivity contribution in [2.75, 3.05) is 0 Å². The van der Waals surface area contributed by atoms with E-state index in [1.165, 1.54) is 16.7 Å². The van der Waals surface area contributed by atoms with Gasteiger partial charge in [-0.2, -0.15) is 0 Å². The fourth-order valence-corrected chi connectivity index (χ4v) is 11.4. The van der Waals surface area contributed by atoms with Gasteiger partial charge >= 0.3 is 155 Å². The van der Waals surface area contributed by atoms with Crippen molar-refractivity contribution in [3.8, 4) is 11.1 Å². The molecule has 0 radical (unpaired) electrons. The molecule has 0 saturated heterocycles. The quantitative estimate of drug-likeness (QED) is 0.499. The summed E-state index contributed by atoms with van der Waals surface area (Å²) < 4.78 is 0. The molecule has 0 aromatic heterocycles. The van der Waals surface area contributed by atoms with Crippen molar-refractivity contribution in [1.29, 1.82) is 0 Å². The summed E-state index contributed by atoms with van der Waals surface area (Å²) in [4.78, 5) is 0. The van der Waals surface area contributed by atoms with Gasteiger partial charge in [-0.05, 0) is 0 Å². The van der Waals surface area contributed by atoms with Gasteiger partial charge in [0.2, 0.25) is 0 Å². The van der Waals surface area contributed by atoms with Crippen LogP contribution in [0.25, 0.3) is 16.7 Å². The Bertz CT molecular complexity index is 1090. The second kappa shape index (κ2) is 5.06. The second-order valence-corrected chi connectivity index (χ2v) is 11.4. The maximum atomic E-state index is 2.47. The van der Waals surface area contributed by atoms with Crippen LogP contribution in [0.5, 0.6) is 0 Å². The van der Waals surface area contributed by atoms with Crippen molar-refractivity contribution in [2.24, 2.45) is 5.92 Å². The topological polar surface area (TPSA) is 0 Å². The van der Waals surface area contributed by atoms with E-state index in [2.05, 4.69) is 91.9 Å². The summed E-state index contributed by atoms with van der Waals surface area (Å²) in [5, 5.41) is 6.39.